The molecule has 2 bridgehead atoms. The highest BCUT2D eigenvalue weighted by molar-refractivity contribution is 5.85. The lowest BCUT2D eigenvalue weighted by Gasteiger charge is -2.45. The fourth-order valence-electron chi connectivity index (χ4n) is 4.72. The van der Waals surface area contributed by atoms with Crippen molar-refractivity contribution in [3.05, 3.63) is 34.8 Å². The molecule has 1 heterocycles. The minimum absolute atomic E-state index is 0. The van der Waals surface area contributed by atoms with Crippen molar-refractivity contribution in [3.63, 3.8) is 0 Å². The standard InChI is InChI=1S/C19H25N3O3.ClH/c20-14-10-12-4-3-5-13(11-14)18(12)21-17(23)8-9-22-15-6-1-2-7-16(15)25-19(22)24;/h1-2,6-7,12-14,18H,3-5,8-11,20H2,(H,21,23);1H. The maximum Gasteiger partial charge on any atom is 0.419 e. The maximum atomic E-state index is 12.5. The van der Waals surface area contributed by atoms with E-state index in [2.05, 4.69) is 5.32 Å². The maximum absolute atomic E-state index is 12.5. The van der Waals surface area contributed by atoms with Gasteiger partial charge in [-0.2, -0.15) is 0 Å². The lowest BCUT2D eigenvalue weighted by atomic mass is 9.67. The molecule has 0 saturated heterocycles. The Morgan fingerprint density at radius 1 is 1.23 bits per heavy atom. The molecule has 2 aromatic rings. The molecule has 26 heavy (non-hydrogen) atoms. The van der Waals surface area contributed by atoms with Crippen LogP contribution < -0.4 is 16.8 Å². The van der Waals surface area contributed by atoms with Crippen molar-refractivity contribution in [1.29, 1.82) is 0 Å². The zero-order valence-corrected chi connectivity index (χ0v) is 15.5. The van der Waals surface area contributed by atoms with Gasteiger partial charge in [0.1, 0.15) is 0 Å². The van der Waals surface area contributed by atoms with E-state index in [4.69, 9.17) is 10.2 Å². The summed E-state index contributed by atoms with van der Waals surface area (Å²) in [5.41, 5.74) is 7.45. The fourth-order valence-corrected chi connectivity index (χ4v) is 4.72. The number of para-hydroxylation sites is 2. The van der Waals surface area contributed by atoms with Crippen molar-refractivity contribution in [3.8, 4) is 0 Å². The van der Waals surface area contributed by atoms with E-state index in [-0.39, 0.29) is 36.8 Å². The Morgan fingerprint density at radius 2 is 1.92 bits per heavy atom. The zero-order chi connectivity index (χ0) is 17.4. The van der Waals surface area contributed by atoms with E-state index in [1.165, 1.54) is 11.0 Å². The molecule has 1 amide bonds. The number of rotatable bonds is 4. The van der Waals surface area contributed by atoms with Crippen LogP contribution in [0.5, 0.6) is 0 Å². The van der Waals surface area contributed by atoms with Crippen LogP contribution in [0.25, 0.3) is 11.1 Å². The van der Waals surface area contributed by atoms with Crippen molar-refractivity contribution in [2.75, 3.05) is 0 Å². The number of benzene rings is 1. The van der Waals surface area contributed by atoms with Gasteiger partial charge < -0.3 is 15.5 Å². The Bertz CT molecular complexity index is 817. The van der Waals surface area contributed by atoms with E-state index >= 15 is 0 Å². The molecule has 142 valence electrons. The Hall–Kier alpha value is -1.79. The molecule has 0 spiro atoms. The second kappa shape index (κ2) is 7.84. The Morgan fingerprint density at radius 3 is 2.65 bits per heavy atom. The number of hydrogen-bond donors (Lipinski definition) is 2. The van der Waals surface area contributed by atoms with E-state index in [1.807, 2.05) is 18.2 Å². The van der Waals surface area contributed by atoms with Crippen LogP contribution in [0.15, 0.2) is 33.5 Å². The first-order chi connectivity index (χ1) is 12.1. The van der Waals surface area contributed by atoms with Crippen LogP contribution in [-0.4, -0.2) is 22.6 Å². The van der Waals surface area contributed by atoms with Gasteiger partial charge >= 0.3 is 5.76 Å². The predicted molar refractivity (Wildman–Crippen MR) is 102 cm³/mol. The highest BCUT2D eigenvalue weighted by Crippen LogP contribution is 2.39. The van der Waals surface area contributed by atoms with Gasteiger partial charge in [0.2, 0.25) is 5.91 Å². The van der Waals surface area contributed by atoms with Crippen molar-refractivity contribution in [2.45, 2.75) is 57.2 Å². The number of carbonyl (C=O) groups excluding carboxylic acids is 1. The van der Waals surface area contributed by atoms with Crippen molar-refractivity contribution in [2.24, 2.45) is 17.6 Å². The van der Waals surface area contributed by atoms with Crippen molar-refractivity contribution >= 4 is 29.4 Å². The average Bonchev–Trinajstić information content (AvgIpc) is 2.89. The van der Waals surface area contributed by atoms with Gasteiger partial charge in [-0.1, -0.05) is 18.6 Å². The summed E-state index contributed by atoms with van der Waals surface area (Å²) in [7, 11) is 0. The third-order valence-electron chi connectivity index (χ3n) is 5.84. The minimum Gasteiger partial charge on any atom is -0.408 e. The van der Waals surface area contributed by atoms with Crippen LogP contribution in [0.2, 0.25) is 0 Å². The van der Waals surface area contributed by atoms with Crippen LogP contribution >= 0.6 is 12.4 Å². The monoisotopic (exact) mass is 379 g/mol. The first kappa shape index (κ1) is 19.0. The van der Waals surface area contributed by atoms with E-state index in [1.54, 1.807) is 6.07 Å². The van der Waals surface area contributed by atoms with E-state index in [9.17, 15) is 9.59 Å². The van der Waals surface area contributed by atoms with Crippen LogP contribution in [0.1, 0.15) is 38.5 Å². The van der Waals surface area contributed by atoms with Crippen LogP contribution in [-0.2, 0) is 11.3 Å². The number of aromatic nitrogens is 1. The Labute approximate surface area is 158 Å². The van der Waals surface area contributed by atoms with Crippen LogP contribution in [0, 0.1) is 11.8 Å². The number of carbonyl (C=O) groups is 1. The van der Waals surface area contributed by atoms with E-state index in [0.717, 1.165) is 31.2 Å². The van der Waals surface area contributed by atoms with Gasteiger partial charge in [0.15, 0.2) is 5.58 Å². The summed E-state index contributed by atoms with van der Waals surface area (Å²) in [6.07, 6.45) is 5.85. The summed E-state index contributed by atoms with van der Waals surface area (Å²) in [6.45, 7) is 0.337. The molecule has 3 N–H and O–H groups in total. The number of fused-ring (bicyclic) bond motifs is 3. The number of amides is 1. The molecule has 2 fully saturated rings. The number of nitrogens with two attached hydrogens (primary N) is 1. The first-order valence-electron chi connectivity index (χ1n) is 9.25. The summed E-state index contributed by atoms with van der Waals surface area (Å²) in [5.74, 6) is 0.608. The lowest BCUT2D eigenvalue weighted by Crippen LogP contribution is -2.53. The van der Waals surface area contributed by atoms with Crippen LogP contribution in [0.3, 0.4) is 0 Å². The zero-order valence-electron chi connectivity index (χ0n) is 14.7. The molecule has 1 aromatic carbocycles. The molecular weight excluding hydrogens is 354 g/mol. The summed E-state index contributed by atoms with van der Waals surface area (Å²) < 4.78 is 6.75. The lowest BCUT2D eigenvalue weighted by molar-refractivity contribution is -0.123. The van der Waals surface area contributed by atoms with E-state index < -0.39 is 5.76 Å². The number of halogens is 1. The molecular formula is C19H26ClN3O3. The number of aryl methyl sites for hydroxylation is 1. The highest BCUT2D eigenvalue weighted by Gasteiger charge is 2.39. The topological polar surface area (TPSA) is 90.3 Å². The van der Waals surface area contributed by atoms with Gasteiger partial charge in [0, 0.05) is 25.0 Å². The van der Waals surface area contributed by atoms with Crippen LogP contribution in [0.4, 0.5) is 0 Å². The largest absolute Gasteiger partial charge is 0.419 e. The second-order valence-electron chi connectivity index (χ2n) is 7.51. The Balaban J connectivity index is 0.00000196. The summed E-state index contributed by atoms with van der Waals surface area (Å²) in [6, 6.07) is 7.82. The number of nitrogens with one attached hydrogen (secondary N) is 1. The predicted octanol–water partition coefficient (Wildman–Crippen LogP) is 2.43. The molecule has 6 nitrogen and oxygen atoms in total. The second-order valence-corrected chi connectivity index (χ2v) is 7.51. The average molecular weight is 380 g/mol. The summed E-state index contributed by atoms with van der Waals surface area (Å²) in [5, 5.41) is 3.23. The SMILES string of the molecule is Cl.NC1CC2CCCC(C1)C2NC(=O)CCn1c(=O)oc2ccccc21. The van der Waals surface area contributed by atoms with Crippen molar-refractivity contribution < 1.29 is 9.21 Å². The first-order valence-corrected chi connectivity index (χ1v) is 9.25. The molecule has 2 atom stereocenters. The molecule has 2 aliphatic rings. The van der Waals surface area contributed by atoms with Gasteiger partial charge in [-0.05, 0) is 49.7 Å². The summed E-state index contributed by atoms with van der Waals surface area (Å²) in [4.78, 5) is 24.5. The third kappa shape index (κ3) is 3.67. The normalized spacial score (nSPS) is 27.7. The fraction of sp³-hybridized carbons (Fsp3) is 0.579. The highest BCUT2D eigenvalue weighted by atomic mass is 35.5. The third-order valence-corrected chi connectivity index (χ3v) is 5.84. The Kier molecular flexibility index (Phi) is 5.73. The van der Waals surface area contributed by atoms with Gasteiger partial charge in [-0.25, -0.2) is 4.79 Å². The quantitative estimate of drug-likeness (QED) is 0.853. The smallest absolute Gasteiger partial charge is 0.408 e. The molecule has 7 heteroatoms. The minimum atomic E-state index is -0.408. The molecule has 0 aliphatic heterocycles. The molecule has 1 aromatic heterocycles. The number of oxazole rings is 1. The van der Waals surface area contributed by atoms with Gasteiger partial charge in [-0.3, -0.25) is 9.36 Å². The van der Waals surface area contributed by atoms with Gasteiger partial charge in [0.25, 0.3) is 0 Å². The number of hydrogen-bond acceptors (Lipinski definition) is 4. The molecule has 2 saturated carbocycles. The van der Waals surface area contributed by atoms with Crippen molar-refractivity contribution in [1.82, 2.24) is 9.88 Å². The summed E-state index contributed by atoms with van der Waals surface area (Å²) >= 11 is 0. The molecule has 4 rings (SSSR count). The molecule has 0 radical (unpaired) electrons. The number of nitrogens with zero attached hydrogens (tertiary/aromatic N) is 1. The van der Waals surface area contributed by atoms with Gasteiger partial charge in [0.05, 0.1) is 5.52 Å². The van der Waals surface area contributed by atoms with Gasteiger partial charge in [-0.15, -0.1) is 12.4 Å². The van der Waals surface area contributed by atoms with E-state index in [0.29, 0.717) is 24.0 Å². The molecule has 2 unspecified atom stereocenters. The molecule has 2 aliphatic carbocycles.